The molecule has 18 nitrogen and oxygen atoms in total. The van der Waals surface area contributed by atoms with Crippen molar-refractivity contribution < 1.29 is 84.7 Å². The van der Waals surface area contributed by atoms with Gasteiger partial charge in [-0.15, -0.1) is 23.0 Å². The molecule has 0 aromatic heterocycles. The molecule has 0 saturated heterocycles. The van der Waals surface area contributed by atoms with Crippen LogP contribution < -0.4 is 41.7 Å². The van der Waals surface area contributed by atoms with Gasteiger partial charge in [0.05, 0.1) is 26.2 Å². The van der Waals surface area contributed by atoms with Gasteiger partial charge in [0.2, 0.25) is 23.6 Å². The van der Waals surface area contributed by atoms with Crippen molar-refractivity contribution in [2.45, 2.75) is 11.8 Å². The number of aliphatic imine (C=N–C) groups is 4. The molecule has 4 amide bonds. The third kappa shape index (κ3) is 17.3. The van der Waals surface area contributed by atoms with E-state index in [1.54, 1.807) is 72.8 Å². The van der Waals surface area contributed by atoms with E-state index in [1.807, 2.05) is 97.1 Å². The Balaban J connectivity index is 0.000000307. The Kier molecular flexibility index (Phi) is 27.2. The summed E-state index contributed by atoms with van der Waals surface area (Å²) in [5, 5.41) is 59.1. The summed E-state index contributed by atoms with van der Waals surface area (Å²) in [4.78, 5) is 71.7. The standard InChI is InChI=1S/2C34H32N4O4.2Cu.2H2O/c2*39-29-15-7-1-9-23(29)21-35-17-19-37-33(41)32(34(42)38-20-18-36-22-24-10-2-8-16-30(24)40)31-27-13-5-3-11-25(27)26-12-4-6-14-28(26)31;;;;/h2*1-16,21-22,31-32,39-40H,17-20H2,(H,37,41)(H,38,42);;;2*1H2/q;;2*+2;;/p-4. The average Bonchev–Trinajstić information content (AvgIpc) is 1.69. The van der Waals surface area contributed by atoms with Crippen molar-refractivity contribution >= 4 is 48.5 Å². The van der Waals surface area contributed by atoms with Gasteiger partial charge in [-0.25, -0.2) is 0 Å². The molecule has 0 aliphatic heterocycles. The molecule has 20 heteroatoms. The number of fused-ring (bicyclic) bond motifs is 6. The van der Waals surface area contributed by atoms with Gasteiger partial charge in [0, 0.05) is 62.9 Å². The van der Waals surface area contributed by atoms with Crippen LogP contribution in [0.3, 0.4) is 0 Å². The molecule has 88 heavy (non-hydrogen) atoms. The number of rotatable bonds is 22. The molecule has 8 N–H and O–H groups in total. The molecule has 8 aromatic carbocycles. The molecular weight excluding hydrogens is 1220 g/mol. The van der Waals surface area contributed by atoms with Crippen molar-refractivity contribution in [3.8, 4) is 45.3 Å². The maximum atomic E-state index is 13.7. The smallest absolute Gasteiger partial charge is 0.872 e. The number of amides is 4. The molecule has 0 atom stereocenters. The van der Waals surface area contributed by atoms with Crippen LogP contribution in [-0.2, 0) is 53.3 Å². The number of hydrogen-bond donors (Lipinski definition) is 4. The third-order valence-corrected chi connectivity index (χ3v) is 14.3. The Bertz CT molecular complexity index is 3290. The fourth-order valence-electron chi connectivity index (χ4n) is 10.4. The number of carbonyl (C=O) groups excluding carboxylic acids is 4. The second-order valence-corrected chi connectivity index (χ2v) is 19.7. The minimum absolute atomic E-state index is 0. The van der Waals surface area contributed by atoms with Gasteiger partial charge in [-0.05, 0) is 66.8 Å². The molecule has 2 radical (unpaired) electrons. The Labute approximate surface area is 531 Å². The van der Waals surface area contributed by atoms with Crippen LogP contribution in [0.15, 0.2) is 214 Å². The summed E-state index contributed by atoms with van der Waals surface area (Å²) in [6.07, 6.45) is 5.98. The Morgan fingerprint density at radius 2 is 0.523 bits per heavy atom. The summed E-state index contributed by atoms with van der Waals surface area (Å²) in [5.74, 6) is -5.14. The summed E-state index contributed by atoms with van der Waals surface area (Å²) >= 11 is 0. The van der Waals surface area contributed by atoms with Crippen molar-refractivity contribution in [3.63, 3.8) is 0 Å². The van der Waals surface area contributed by atoms with Gasteiger partial charge in [0.1, 0.15) is 11.8 Å². The van der Waals surface area contributed by atoms with Crippen molar-refractivity contribution in [3.05, 3.63) is 239 Å². The van der Waals surface area contributed by atoms with Crippen molar-refractivity contribution in [2.75, 3.05) is 52.4 Å². The molecule has 0 unspecified atom stereocenters. The summed E-state index contributed by atoms with van der Waals surface area (Å²) in [5.41, 5.74) is 9.60. The van der Waals surface area contributed by atoms with E-state index in [0.717, 1.165) is 44.5 Å². The van der Waals surface area contributed by atoms with Gasteiger partial charge in [0.25, 0.3) is 0 Å². The third-order valence-electron chi connectivity index (χ3n) is 14.3. The molecule has 0 spiro atoms. The summed E-state index contributed by atoms with van der Waals surface area (Å²) in [6, 6.07) is 57.7. The molecule has 0 heterocycles. The second-order valence-electron chi connectivity index (χ2n) is 19.7. The summed E-state index contributed by atoms with van der Waals surface area (Å²) < 4.78 is 0. The van der Waals surface area contributed by atoms with E-state index in [2.05, 4.69) is 41.2 Å². The molecule has 2 aliphatic rings. The molecule has 0 fully saturated rings. The van der Waals surface area contributed by atoms with E-state index in [9.17, 15) is 39.6 Å². The largest absolute Gasteiger partial charge is 2.00 e. The van der Waals surface area contributed by atoms with Gasteiger partial charge < -0.3 is 52.6 Å². The molecule has 458 valence electrons. The van der Waals surface area contributed by atoms with Crippen molar-refractivity contribution in [2.24, 2.45) is 31.8 Å². The van der Waals surface area contributed by atoms with Gasteiger partial charge in [0.15, 0.2) is 0 Å². The summed E-state index contributed by atoms with van der Waals surface area (Å²) in [6.45, 7) is 1.82. The zero-order valence-corrected chi connectivity index (χ0v) is 49.3. The van der Waals surface area contributed by atoms with E-state index in [0.29, 0.717) is 22.3 Å². The molecule has 10 rings (SSSR count). The fourth-order valence-corrected chi connectivity index (χ4v) is 10.4. The maximum Gasteiger partial charge on any atom is 2.00 e. The zero-order chi connectivity index (χ0) is 58.6. The zero-order valence-electron chi connectivity index (χ0n) is 47.4. The van der Waals surface area contributed by atoms with Crippen LogP contribution in [0.25, 0.3) is 22.3 Å². The molecule has 2 aliphatic carbocycles. The predicted molar refractivity (Wildman–Crippen MR) is 327 cm³/mol. The van der Waals surface area contributed by atoms with Gasteiger partial charge in [-0.2, -0.15) is 0 Å². The first kappa shape index (κ1) is 69.3. The number of nitrogens with one attached hydrogen (secondary N) is 4. The fraction of sp³-hybridized carbons (Fsp3) is 0.176. The van der Waals surface area contributed by atoms with E-state index >= 15 is 0 Å². The van der Waals surface area contributed by atoms with E-state index < -0.39 is 47.3 Å². The van der Waals surface area contributed by atoms with Crippen LogP contribution >= 0.6 is 0 Å². The van der Waals surface area contributed by atoms with E-state index in [-0.39, 0.29) is 120 Å². The van der Waals surface area contributed by atoms with Crippen molar-refractivity contribution in [1.29, 1.82) is 0 Å². The van der Waals surface area contributed by atoms with E-state index in [1.165, 1.54) is 49.1 Å². The van der Waals surface area contributed by atoms with Crippen LogP contribution in [0.2, 0.25) is 0 Å². The number of hydrogen-bond acceptors (Lipinski definition) is 12. The Morgan fingerprint density at radius 1 is 0.330 bits per heavy atom. The number of benzene rings is 8. The topological polar surface area (TPSA) is 321 Å². The van der Waals surface area contributed by atoms with Crippen LogP contribution in [0.4, 0.5) is 0 Å². The van der Waals surface area contributed by atoms with Gasteiger partial charge in [-0.3, -0.25) is 39.1 Å². The molecule has 0 saturated carbocycles. The van der Waals surface area contributed by atoms with Crippen molar-refractivity contribution in [1.82, 2.24) is 21.3 Å². The first-order valence-corrected chi connectivity index (χ1v) is 27.6. The first-order chi connectivity index (χ1) is 41.1. The maximum absolute atomic E-state index is 13.7. The first-order valence-electron chi connectivity index (χ1n) is 27.6. The monoisotopic (exact) mass is 1280 g/mol. The SMILES string of the molecule is O.O.O=C(NCCN=Cc1ccccc1[O-])C(C(=O)NCCN=Cc1ccccc1[O-])C1c2ccccc2-c2ccccc21.O=C(NCCN=Cc1ccccc1[O-])C(C(=O)NCCN=Cc1ccccc1[O-])C1c2ccccc2-c2ccccc21.[Cu+2].[Cu+2]. The van der Waals surface area contributed by atoms with Gasteiger partial charge >= 0.3 is 34.1 Å². The quantitative estimate of drug-likeness (QED) is 0.0325. The number of nitrogens with zero attached hydrogens (tertiary/aromatic N) is 4. The van der Waals surface area contributed by atoms with Crippen LogP contribution in [0.5, 0.6) is 23.0 Å². The molecule has 0 bridgehead atoms. The molecular formula is C68H64Cu2N8O10. The number of carbonyl (C=O) groups is 4. The average molecular weight is 1280 g/mol. The predicted octanol–water partition coefficient (Wildman–Crippen LogP) is 4.41. The van der Waals surface area contributed by atoms with Crippen LogP contribution in [-0.4, -0.2) is 112 Å². The Hall–Kier alpha value is -9.52. The van der Waals surface area contributed by atoms with E-state index in [4.69, 9.17) is 0 Å². The van der Waals surface area contributed by atoms with Gasteiger partial charge in [-0.1, -0.05) is 194 Å². The van der Waals surface area contributed by atoms with Crippen LogP contribution in [0.1, 0.15) is 56.3 Å². The molecule has 8 aromatic rings. The Morgan fingerprint density at radius 3 is 0.739 bits per heavy atom. The second kappa shape index (κ2) is 34.6. The number of para-hydroxylation sites is 4. The minimum Gasteiger partial charge on any atom is -0.872 e. The minimum atomic E-state index is -1.03. The van der Waals surface area contributed by atoms with Crippen LogP contribution in [0, 0.1) is 11.8 Å². The summed E-state index contributed by atoms with van der Waals surface area (Å²) in [7, 11) is 0. The normalized spacial score (nSPS) is 12.5.